The molecule has 1 aliphatic rings. The van der Waals surface area contributed by atoms with E-state index in [1.165, 1.54) is 0 Å². The van der Waals surface area contributed by atoms with Gasteiger partial charge in [-0.25, -0.2) is 8.42 Å². The van der Waals surface area contributed by atoms with Crippen LogP contribution in [0.2, 0.25) is 5.02 Å². The van der Waals surface area contributed by atoms with Gasteiger partial charge in [-0.15, -0.1) is 0 Å². The van der Waals surface area contributed by atoms with Crippen molar-refractivity contribution >= 4 is 21.4 Å². The molecule has 94 valence electrons. The average molecular weight is 277 g/mol. The van der Waals surface area contributed by atoms with Crippen LogP contribution >= 0.6 is 11.6 Å². The Morgan fingerprint density at radius 2 is 2.12 bits per heavy atom. The van der Waals surface area contributed by atoms with Crippen molar-refractivity contribution in [3.8, 4) is 5.75 Å². The third-order valence-corrected chi connectivity index (χ3v) is 4.62. The van der Waals surface area contributed by atoms with Crippen LogP contribution in [0.4, 0.5) is 0 Å². The Bertz CT molecular complexity index is 500. The second kappa shape index (κ2) is 4.84. The van der Waals surface area contributed by atoms with E-state index in [-0.39, 0.29) is 24.2 Å². The van der Waals surface area contributed by atoms with Crippen molar-refractivity contribution in [3.05, 3.63) is 28.8 Å². The summed E-state index contributed by atoms with van der Waals surface area (Å²) < 4.78 is 27.4. The Morgan fingerprint density at radius 1 is 1.41 bits per heavy atom. The molecule has 0 bridgehead atoms. The number of aliphatic hydroxyl groups excluding tert-OH is 1. The molecule has 1 heterocycles. The molecule has 1 saturated heterocycles. The van der Waals surface area contributed by atoms with E-state index in [1.807, 2.05) is 6.07 Å². The number of hydrogen-bond acceptors (Lipinski definition) is 4. The molecule has 0 unspecified atom stereocenters. The first-order valence-corrected chi connectivity index (χ1v) is 7.46. The molecule has 1 aliphatic heterocycles. The molecular formula is C11H13ClO4S. The first-order chi connectivity index (χ1) is 8.00. The number of rotatable bonds is 4. The summed E-state index contributed by atoms with van der Waals surface area (Å²) in [6.07, 6.45) is 0.249. The number of benzene rings is 1. The van der Waals surface area contributed by atoms with Crippen molar-refractivity contribution in [1.29, 1.82) is 0 Å². The maximum absolute atomic E-state index is 11.0. The third-order valence-electron chi connectivity index (χ3n) is 2.57. The van der Waals surface area contributed by atoms with Crippen LogP contribution in [0.15, 0.2) is 18.2 Å². The summed E-state index contributed by atoms with van der Waals surface area (Å²) >= 11 is 6.01. The smallest absolute Gasteiger partial charge is 0.157 e. The van der Waals surface area contributed by atoms with Crippen LogP contribution < -0.4 is 4.74 Å². The van der Waals surface area contributed by atoms with Gasteiger partial charge in [-0.2, -0.15) is 0 Å². The number of sulfone groups is 1. The van der Waals surface area contributed by atoms with E-state index in [2.05, 4.69) is 0 Å². The van der Waals surface area contributed by atoms with Crippen LogP contribution in [0.3, 0.4) is 0 Å². The molecule has 4 nitrogen and oxygen atoms in total. The molecule has 0 amide bonds. The van der Waals surface area contributed by atoms with E-state index in [1.54, 1.807) is 12.1 Å². The van der Waals surface area contributed by atoms with E-state index >= 15 is 0 Å². The number of halogens is 1. The molecule has 17 heavy (non-hydrogen) atoms. The van der Waals surface area contributed by atoms with Crippen LogP contribution in [0, 0.1) is 0 Å². The predicted molar refractivity (Wildman–Crippen MR) is 65.3 cm³/mol. The van der Waals surface area contributed by atoms with Gasteiger partial charge in [0.05, 0.1) is 16.5 Å². The lowest BCUT2D eigenvalue weighted by atomic mass is 10.1. The van der Waals surface area contributed by atoms with E-state index < -0.39 is 9.84 Å². The van der Waals surface area contributed by atoms with Crippen molar-refractivity contribution in [1.82, 2.24) is 0 Å². The van der Waals surface area contributed by atoms with Gasteiger partial charge in [0.25, 0.3) is 0 Å². The number of hydrogen-bond donors (Lipinski definition) is 1. The molecule has 6 heteroatoms. The fourth-order valence-electron chi connectivity index (χ4n) is 1.69. The summed E-state index contributed by atoms with van der Waals surface area (Å²) in [6.45, 7) is 0.0669. The highest BCUT2D eigenvalue weighted by molar-refractivity contribution is 7.92. The zero-order chi connectivity index (χ0) is 12.5. The Kier molecular flexibility index (Phi) is 3.61. The summed E-state index contributed by atoms with van der Waals surface area (Å²) in [5.41, 5.74) is 0.922. The number of aliphatic hydroxyl groups is 1. The molecule has 0 spiro atoms. The Hall–Kier alpha value is -0.780. The molecule has 1 aromatic rings. The lowest BCUT2D eigenvalue weighted by molar-refractivity contribution is 0.230. The van der Waals surface area contributed by atoms with Crippen LogP contribution in [0.5, 0.6) is 5.75 Å². The molecule has 2 rings (SSSR count). The lowest BCUT2D eigenvalue weighted by Crippen LogP contribution is -2.45. The Labute approximate surface area is 105 Å². The minimum atomic E-state index is -2.88. The van der Waals surface area contributed by atoms with Gasteiger partial charge in [-0.05, 0) is 24.1 Å². The van der Waals surface area contributed by atoms with Gasteiger partial charge >= 0.3 is 0 Å². The van der Waals surface area contributed by atoms with Gasteiger partial charge in [0, 0.05) is 6.61 Å². The van der Waals surface area contributed by atoms with Crippen LogP contribution in [0.25, 0.3) is 0 Å². The normalized spacial score (nSPS) is 18.7. The average Bonchev–Trinajstić information content (AvgIpc) is 2.19. The standard InChI is InChI=1S/C11H13ClO4S/c12-10-5-8(3-4-13)1-2-11(10)16-9-6-17(14,15)7-9/h1-2,5,9,13H,3-4,6-7H2. The van der Waals surface area contributed by atoms with Gasteiger partial charge in [-0.3, -0.25) is 0 Å². The van der Waals surface area contributed by atoms with Gasteiger partial charge in [-0.1, -0.05) is 17.7 Å². The fraction of sp³-hybridized carbons (Fsp3) is 0.455. The SMILES string of the molecule is O=S1(=O)CC(Oc2ccc(CCO)cc2Cl)C1. The molecule has 0 saturated carbocycles. The predicted octanol–water partition coefficient (Wildman–Crippen LogP) is 1.05. The van der Waals surface area contributed by atoms with Crippen molar-refractivity contribution < 1.29 is 18.3 Å². The monoisotopic (exact) mass is 276 g/mol. The summed E-state index contributed by atoms with van der Waals surface area (Å²) in [5.74, 6) is 0.608. The first-order valence-electron chi connectivity index (χ1n) is 5.26. The first kappa shape index (κ1) is 12.7. The van der Waals surface area contributed by atoms with Crippen molar-refractivity contribution in [2.45, 2.75) is 12.5 Å². The molecular weight excluding hydrogens is 264 g/mol. The van der Waals surface area contributed by atoms with E-state index in [9.17, 15) is 8.42 Å². The van der Waals surface area contributed by atoms with Crippen LogP contribution in [-0.2, 0) is 16.3 Å². The third kappa shape index (κ3) is 3.12. The van der Waals surface area contributed by atoms with Crippen molar-refractivity contribution in [2.75, 3.05) is 18.1 Å². The van der Waals surface area contributed by atoms with E-state index in [0.717, 1.165) is 5.56 Å². The van der Waals surface area contributed by atoms with Crippen molar-refractivity contribution in [3.63, 3.8) is 0 Å². The summed E-state index contributed by atoms with van der Waals surface area (Å²) in [6, 6.07) is 5.24. The summed E-state index contributed by atoms with van der Waals surface area (Å²) in [5, 5.41) is 9.23. The quantitative estimate of drug-likeness (QED) is 0.893. The highest BCUT2D eigenvalue weighted by Gasteiger charge is 2.35. The zero-order valence-electron chi connectivity index (χ0n) is 9.10. The minimum absolute atomic E-state index is 0.0573. The second-order valence-electron chi connectivity index (χ2n) is 4.06. The van der Waals surface area contributed by atoms with Gasteiger partial charge in [0.1, 0.15) is 11.9 Å². The number of ether oxygens (including phenoxy) is 1. The molecule has 0 radical (unpaired) electrons. The molecule has 0 aliphatic carbocycles. The highest BCUT2D eigenvalue weighted by atomic mass is 35.5. The maximum Gasteiger partial charge on any atom is 0.157 e. The highest BCUT2D eigenvalue weighted by Crippen LogP contribution is 2.28. The van der Waals surface area contributed by atoms with Gasteiger partial charge in [0.2, 0.25) is 0 Å². The van der Waals surface area contributed by atoms with Gasteiger partial charge < -0.3 is 9.84 Å². The fourth-order valence-corrected chi connectivity index (χ4v) is 3.11. The van der Waals surface area contributed by atoms with Gasteiger partial charge in [0.15, 0.2) is 9.84 Å². The minimum Gasteiger partial charge on any atom is -0.487 e. The largest absolute Gasteiger partial charge is 0.487 e. The Morgan fingerprint density at radius 3 is 2.65 bits per heavy atom. The van der Waals surface area contributed by atoms with Crippen molar-refractivity contribution in [2.24, 2.45) is 0 Å². The van der Waals surface area contributed by atoms with Crippen LogP contribution in [-0.4, -0.2) is 37.7 Å². The summed E-state index contributed by atoms with van der Waals surface area (Å²) in [4.78, 5) is 0. The molecule has 1 N–H and O–H groups in total. The molecule has 1 fully saturated rings. The van der Waals surface area contributed by atoms with E-state index in [0.29, 0.717) is 17.2 Å². The Balaban J connectivity index is 2.02. The lowest BCUT2D eigenvalue weighted by Gasteiger charge is -2.27. The molecule has 1 aromatic carbocycles. The second-order valence-corrected chi connectivity index (χ2v) is 6.62. The maximum atomic E-state index is 11.0. The summed E-state index contributed by atoms with van der Waals surface area (Å²) in [7, 11) is -2.88. The zero-order valence-corrected chi connectivity index (χ0v) is 10.7. The molecule has 0 atom stereocenters. The topological polar surface area (TPSA) is 63.6 Å². The van der Waals surface area contributed by atoms with Crippen LogP contribution in [0.1, 0.15) is 5.56 Å². The van der Waals surface area contributed by atoms with E-state index in [4.69, 9.17) is 21.4 Å². The molecule has 0 aromatic heterocycles.